The van der Waals surface area contributed by atoms with Crippen LogP contribution in [-0.4, -0.2) is 35.2 Å². The van der Waals surface area contributed by atoms with Gasteiger partial charge in [-0.05, 0) is 32.2 Å². The quantitative estimate of drug-likeness (QED) is 0.759. The van der Waals surface area contributed by atoms with Crippen molar-refractivity contribution >= 4 is 0 Å². The van der Waals surface area contributed by atoms with Gasteiger partial charge < -0.3 is 5.11 Å². The SMILES string of the molecule is C#CCCN1CCCCC1C1CCCCC1O. The number of terminal acetylenes is 1. The second-order valence-electron chi connectivity index (χ2n) is 5.57. The molecule has 1 aliphatic heterocycles. The maximum Gasteiger partial charge on any atom is 0.0583 e. The molecule has 2 rings (SSSR count). The molecule has 1 saturated carbocycles. The zero-order valence-corrected chi connectivity index (χ0v) is 10.8. The van der Waals surface area contributed by atoms with E-state index in [1.807, 2.05) is 0 Å². The number of nitrogens with zero attached hydrogens (tertiary/aromatic N) is 1. The molecule has 0 aromatic carbocycles. The molecule has 3 atom stereocenters. The Bertz CT molecular complexity index is 271. The van der Waals surface area contributed by atoms with Crippen molar-refractivity contribution in [1.82, 2.24) is 4.90 Å². The van der Waals surface area contributed by atoms with Crippen LogP contribution in [0.15, 0.2) is 0 Å². The Morgan fingerprint density at radius 3 is 2.65 bits per heavy atom. The molecule has 2 fully saturated rings. The van der Waals surface area contributed by atoms with Gasteiger partial charge in [-0.25, -0.2) is 0 Å². The highest BCUT2D eigenvalue weighted by Gasteiger charge is 2.35. The van der Waals surface area contributed by atoms with Crippen molar-refractivity contribution in [3.63, 3.8) is 0 Å². The van der Waals surface area contributed by atoms with Crippen molar-refractivity contribution in [2.24, 2.45) is 5.92 Å². The highest BCUT2D eigenvalue weighted by molar-refractivity contribution is 4.91. The fourth-order valence-corrected chi connectivity index (χ4v) is 3.58. The molecular weight excluding hydrogens is 210 g/mol. The molecule has 1 aliphatic carbocycles. The van der Waals surface area contributed by atoms with Gasteiger partial charge in [-0.3, -0.25) is 4.90 Å². The van der Waals surface area contributed by atoms with Gasteiger partial charge in [-0.2, -0.15) is 0 Å². The lowest BCUT2D eigenvalue weighted by molar-refractivity contribution is -0.00470. The molecule has 3 unspecified atom stereocenters. The van der Waals surface area contributed by atoms with Gasteiger partial charge in [0.15, 0.2) is 0 Å². The molecule has 1 saturated heterocycles. The molecule has 0 spiro atoms. The van der Waals surface area contributed by atoms with E-state index in [0.717, 1.165) is 19.4 Å². The summed E-state index contributed by atoms with van der Waals surface area (Å²) >= 11 is 0. The van der Waals surface area contributed by atoms with Crippen molar-refractivity contribution in [2.45, 2.75) is 63.5 Å². The van der Waals surface area contributed by atoms with Crippen LogP contribution in [-0.2, 0) is 0 Å². The third-order valence-corrected chi connectivity index (χ3v) is 4.48. The van der Waals surface area contributed by atoms with Crippen LogP contribution in [0.25, 0.3) is 0 Å². The third-order valence-electron chi connectivity index (χ3n) is 4.48. The van der Waals surface area contributed by atoms with Gasteiger partial charge in [0.1, 0.15) is 0 Å². The molecule has 0 amide bonds. The molecule has 0 aromatic rings. The van der Waals surface area contributed by atoms with Gasteiger partial charge in [-0.1, -0.05) is 19.3 Å². The molecule has 2 aliphatic rings. The first-order valence-corrected chi connectivity index (χ1v) is 7.18. The molecule has 0 bridgehead atoms. The number of likely N-dealkylation sites (tertiary alicyclic amines) is 1. The Hall–Kier alpha value is -0.520. The van der Waals surface area contributed by atoms with Gasteiger partial charge >= 0.3 is 0 Å². The number of piperidine rings is 1. The standard InChI is InChI=1S/C15H25NO/c1-2-3-11-16-12-7-6-9-14(16)13-8-4-5-10-15(13)17/h1,13-15,17H,3-12H2. The van der Waals surface area contributed by atoms with Crippen LogP contribution in [0, 0.1) is 18.3 Å². The van der Waals surface area contributed by atoms with Crippen LogP contribution in [0.4, 0.5) is 0 Å². The first kappa shape index (κ1) is 12.9. The number of aliphatic hydroxyl groups excluding tert-OH is 1. The summed E-state index contributed by atoms with van der Waals surface area (Å²) < 4.78 is 0. The third kappa shape index (κ3) is 3.24. The number of hydrogen-bond donors (Lipinski definition) is 1. The highest BCUT2D eigenvalue weighted by Crippen LogP contribution is 2.33. The Kier molecular flexibility index (Phi) is 4.88. The molecular formula is C15H25NO. The average Bonchev–Trinajstić information content (AvgIpc) is 2.37. The second-order valence-corrected chi connectivity index (χ2v) is 5.57. The normalized spacial score (nSPS) is 35.4. The Morgan fingerprint density at radius 2 is 1.88 bits per heavy atom. The van der Waals surface area contributed by atoms with E-state index in [1.54, 1.807) is 0 Å². The van der Waals surface area contributed by atoms with Crippen LogP contribution in [0.5, 0.6) is 0 Å². The Morgan fingerprint density at radius 1 is 1.12 bits per heavy atom. The average molecular weight is 235 g/mol. The minimum atomic E-state index is -0.0693. The summed E-state index contributed by atoms with van der Waals surface area (Å²) in [5.41, 5.74) is 0. The summed E-state index contributed by atoms with van der Waals surface area (Å²) in [5, 5.41) is 10.2. The zero-order chi connectivity index (χ0) is 12.1. The minimum absolute atomic E-state index is 0.0693. The van der Waals surface area contributed by atoms with E-state index < -0.39 is 0 Å². The van der Waals surface area contributed by atoms with Crippen LogP contribution in [0.3, 0.4) is 0 Å². The fraction of sp³-hybridized carbons (Fsp3) is 0.867. The van der Waals surface area contributed by atoms with Crippen LogP contribution >= 0.6 is 0 Å². The molecule has 17 heavy (non-hydrogen) atoms. The molecule has 0 aromatic heterocycles. The monoisotopic (exact) mass is 235 g/mol. The van der Waals surface area contributed by atoms with E-state index in [-0.39, 0.29) is 6.10 Å². The summed E-state index contributed by atoms with van der Waals surface area (Å²) in [6.07, 6.45) is 14.7. The largest absolute Gasteiger partial charge is 0.393 e. The minimum Gasteiger partial charge on any atom is -0.393 e. The van der Waals surface area contributed by atoms with Gasteiger partial charge in [0, 0.05) is 24.9 Å². The lowest BCUT2D eigenvalue weighted by atomic mass is 9.78. The fourth-order valence-electron chi connectivity index (χ4n) is 3.58. The van der Waals surface area contributed by atoms with Crippen LogP contribution in [0.2, 0.25) is 0 Å². The van der Waals surface area contributed by atoms with Gasteiger partial charge in [-0.15, -0.1) is 12.3 Å². The number of hydrogen-bond acceptors (Lipinski definition) is 2. The van der Waals surface area contributed by atoms with Crippen molar-refractivity contribution in [3.8, 4) is 12.3 Å². The van der Waals surface area contributed by atoms with Crippen LogP contribution in [0.1, 0.15) is 51.4 Å². The van der Waals surface area contributed by atoms with Crippen molar-refractivity contribution < 1.29 is 5.11 Å². The summed E-state index contributed by atoms with van der Waals surface area (Å²) in [6, 6.07) is 0.590. The molecule has 1 heterocycles. The lowest BCUT2D eigenvalue weighted by Gasteiger charge is -2.43. The molecule has 1 N–H and O–H groups in total. The van der Waals surface area contributed by atoms with Crippen LogP contribution < -0.4 is 0 Å². The molecule has 2 heteroatoms. The molecule has 2 nitrogen and oxygen atoms in total. The van der Waals surface area contributed by atoms with E-state index in [9.17, 15) is 5.11 Å². The first-order valence-electron chi connectivity index (χ1n) is 7.18. The summed E-state index contributed by atoms with van der Waals surface area (Å²) in [7, 11) is 0. The molecule has 0 radical (unpaired) electrons. The first-order chi connectivity index (χ1) is 8.33. The predicted molar refractivity (Wildman–Crippen MR) is 70.6 cm³/mol. The lowest BCUT2D eigenvalue weighted by Crippen LogP contribution is -2.48. The van der Waals surface area contributed by atoms with Crippen molar-refractivity contribution in [2.75, 3.05) is 13.1 Å². The zero-order valence-electron chi connectivity index (χ0n) is 10.8. The van der Waals surface area contributed by atoms with E-state index in [2.05, 4.69) is 10.8 Å². The maximum atomic E-state index is 10.2. The topological polar surface area (TPSA) is 23.5 Å². The summed E-state index contributed by atoms with van der Waals surface area (Å²) in [4.78, 5) is 2.54. The second kappa shape index (κ2) is 6.42. The van der Waals surface area contributed by atoms with Crippen molar-refractivity contribution in [1.29, 1.82) is 0 Å². The Balaban J connectivity index is 1.97. The van der Waals surface area contributed by atoms with Gasteiger partial charge in [0.2, 0.25) is 0 Å². The summed E-state index contributed by atoms with van der Waals surface area (Å²) in [6.45, 7) is 2.19. The predicted octanol–water partition coefficient (Wildman–Crippen LogP) is 2.42. The Labute approximate surface area is 105 Å². The number of rotatable bonds is 3. The smallest absolute Gasteiger partial charge is 0.0583 e. The van der Waals surface area contributed by atoms with E-state index >= 15 is 0 Å². The van der Waals surface area contributed by atoms with E-state index in [1.165, 1.54) is 45.1 Å². The van der Waals surface area contributed by atoms with Gasteiger partial charge in [0.05, 0.1) is 6.10 Å². The number of aliphatic hydroxyl groups is 1. The van der Waals surface area contributed by atoms with E-state index in [0.29, 0.717) is 12.0 Å². The van der Waals surface area contributed by atoms with Gasteiger partial charge in [0.25, 0.3) is 0 Å². The highest BCUT2D eigenvalue weighted by atomic mass is 16.3. The maximum absolute atomic E-state index is 10.2. The summed E-state index contributed by atoms with van der Waals surface area (Å²) in [5.74, 6) is 3.25. The van der Waals surface area contributed by atoms with E-state index in [4.69, 9.17) is 6.42 Å². The van der Waals surface area contributed by atoms with Crippen molar-refractivity contribution in [3.05, 3.63) is 0 Å². The molecule has 96 valence electrons.